The molecule has 0 bridgehead atoms. The number of aromatic nitrogens is 1. The lowest BCUT2D eigenvalue weighted by Gasteiger charge is -2.13. The van der Waals surface area contributed by atoms with Crippen molar-refractivity contribution in [2.45, 2.75) is 18.9 Å². The van der Waals surface area contributed by atoms with E-state index in [9.17, 15) is 24.5 Å². The van der Waals surface area contributed by atoms with Crippen molar-refractivity contribution >= 4 is 23.5 Å². The van der Waals surface area contributed by atoms with Gasteiger partial charge in [-0.2, -0.15) is 0 Å². The Labute approximate surface area is 118 Å². The summed E-state index contributed by atoms with van der Waals surface area (Å²) >= 11 is 0. The molecule has 0 aliphatic rings. The van der Waals surface area contributed by atoms with E-state index in [1.54, 1.807) is 0 Å². The fourth-order valence-electron chi connectivity index (χ4n) is 1.63. The minimum atomic E-state index is -1.39. The molecule has 1 atom stereocenters. The average Bonchev–Trinajstić information content (AvgIpc) is 2.76. The number of aryl methyl sites for hydroxylation is 1. The van der Waals surface area contributed by atoms with Crippen molar-refractivity contribution < 1.29 is 29.5 Å². The zero-order valence-electron chi connectivity index (χ0n) is 11.0. The highest BCUT2D eigenvalue weighted by molar-refractivity contribution is 5.96. The number of nitrogens with one attached hydrogen (secondary N) is 1. The van der Waals surface area contributed by atoms with Gasteiger partial charge >= 0.3 is 11.9 Å². The summed E-state index contributed by atoms with van der Waals surface area (Å²) < 4.78 is 1.18. The minimum absolute atomic E-state index is 0.0942. The predicted octanol–water partition coefficient (Wildman–Crippen LogP) is -0.0189. The van der Waals surface area contributed by atoms with Crippen molar-refractivity contribution in [2.75, 3.05) is 0 Å². The van der Waals surface area contributed by atoms with E-state index in [1.807, 2.05) is 0 Å². The summed E-state index contributed by atoms with van der Waals surface area (Å²) in [5, 5.41) is 30.2. The number of amides is 1. The second-order valence-electron chi connectivity index (χ2n) is 4.25. The van der Waals surface area contributed by atoms with Gasteiger partial charge in [-0.3, -0.25) is 19.7 Å². The predicted molar refractivity (Wildman–Crippen MR) is 67.8 cm³/mol. The lowest BCUT2D eigenvalue weighted by atomic mass is 10.1. The normalized spacial score (nSPS) is 11.7. The van der Waals surface area contributed by atoms with Gasteiger partial charge in [-0.15, -0.1) is 0 Å². The highest BCUT2D eigenvalue weighted by Gasteiger charge is 2.24. The number of aliphatic carboxylic acids is 2. The Morgan fingerprint density at radius 2 is 2.05 bits per heavy atom. The first kappa shape index (κ1) is 16.1. The number of hydrogen-bond donors (Lipinski definition) is 3. The van der Waals surface area contributed by atoms with Crippen LogP contribution in [0.5, 0.6) is 0 Å². The number of nitro groups is 1. The maximum atomic E-state index is 11.9. The Morgan fingerprint density at radius 3 is 2.48 bits per heavy atom. The van der Waals surface area contributed by atoms with Gasteiger partial charge in [-0.1, -0.05) is 0 Å². The van der Waals surface area contributed by atoms with E-state index in [4.69, 9.17) is 10.2 Å². The summed E-state index contributed by atoms with van der Waals surface area (Å²) in [5.41, 5.74) is -0.400. The number of hydrogen-bond acceptors (Lipinski definition) is 5. The van der Waals surface area contributed by atoms with E-state index in [2.05, 4.69) is 5.32 Å². The molecule has 10 heteroatoms. The van der Waals surface area contributed by atoms with Crippen molar-refractivity contribution in [3.8, 4) is 0 Å². The third kappa shape index (κ3) is 4.30. The molecule has 0 saturated heterocycles. The van der Waals surface area contributed by atoms with Gasteiger partial charge in [-0.25, -0.2) is 4.79 Å². The SMILES string of the molecule is Cn1cc([N+](=O)[O-])cc1C(=O)N[C@@H](CCC(=O)O)C(=O)O. The van der Waals surface area contributed by atoms with Gasteiger partial charge < -0.3 is 20.1 Å². The number of carbonyl (C=O) groups excluding carboxylic acids is 1. The van der Waals surface area contributed by atoms with Gasteiger partial charge in [0, 0.05) is 19.5 Å². The third-order valence-electron chi connectivity index (χ3n) is 2.68. The Bertz CT molecular complexity index is 593. The maximum absolute atomic E-state index is 11.9. The largest absolute Gasteiger partial charge is 0.481 e. The topological polar surface area (TPSA) is 152 Å². The van der Waals surface area contributed by atoms with E-state index in [0.29, 0.717) is 0 Å². The van der Waals surface area contributed by atoms with Crippen LogP contribution >= 0.6 is 0 Å². The van der Waals surface area contributed by atoms with Crippen LogP contribution in [0.2, 0.25) is 0 Å². The van der Waals surface area contributed by atoms with Crippen LogP contribution in [0.1, 0.15) is 23.3 Å². The Kier molecular flexibility index (Phi) is 5.00. The fraction of sp³-hybridized carbons (Fsp3) is 0.364. The van der Waals surface area contributed by atoms with E-state index in [-0.39, 0.29) is 17.8 Å². The molecule has 0 spiro atoms. The molecule has 1 rings (SSSR count). The molecule has 1 amide bonds. The molecule has 21 heavy (non-hydrogen) atoms. The molecule has 0 saturated carbocycles. The molecule has 0 aliphatic carbocycles. The quantitative estimate of drug-likeness (QED) is 0.472. The van der Waals surface area contributed by atoms with Gasteiger partial charge in [0.2, 0.25) is 0 Å². The second kappa shape index (κ2) is 6.50. The van der Waals surface area contributed by atoms with Crippen molar-refractivity contribution in [1.29, 1.82) is 0 Å². The molecule has 0 radical (unpaired) electrons. The van der Waals surface area contributed by atoms with Crippen molar-refractivity contribution in [3.05, 3.63) is 28.1 Å². The molecule has 114 valence electrons. The van der Waals surface area contributed by atoms with Crippen molar-refractivity contribution in [3.63, 3.8) is 0 Å². The average molecular weight is 299 g/mol. The molecule has 3 N–H and O–H groups in total. The summed E-state index contributed by atoms with van der Waals surface area (Å²) in [6, 6.07) is -0.381. The summed E-state index contributed by atoms with van der Waals surface area (Å²) in [6.07, 6.45) is 0.398. The second-order valence-corrected chi connectivity index (χ2v) is 4.25. The van der Waals surface area contributed by atoms with Gasteiger partial charge in [0.25, 0.3) is 11.6 Å². The Morgan fingerprint density at radius 1 is 1.43 bits per heavy atom. The number of carboxylic acids is 2. The highest BCUT2D eigenvalue weighted by atomic mass is 16.6. The van der Waals surface area contributed by atoms with E-state index >= 15 is 0 Å². The minimum Gasteiger partial charge on any atom is -0.481 e. The van der Waals surface area contributed by atoms with E-state index < -0.39 is 35.2 Å². The molecule has 1 aromatic rings. The number of carboxylic acid groups (broad SMARTS) is 2. The first-order chi connectivity index (χ1) is 9.72. The van der Waals surface area contributed by atoms with Gasteiger partial charge in [0.1, 0.15) is 11.7 Å². The van der Waals surface area contributed by atoms with Crippen LogP contribution in [0, 0.1) is 10.1 Å². The van der Waals surface area contributed by atoms with Gasteiger partial charge in [0.15, 0.2) is 0 Å². The lowest BCUT2D eigenvalue weighted by molar-refractivity contribution is -0.384. The van der Waals surface area contributed by atoms with Crippen LogP contribution in [0.4, 0.5) is 5.69 Å². The van der Waals surface area contributed by atoms with Crippen molar-refractivity contribution in [2.24, 2.45) is 7.05 Å². The lowest BCUT2D eigenvalue weighted by Crippen LogP contribution is -2.41. The molecule has 1 aromatic heterocycles. The number of nitrogens with zero attached hydrogens (tertiary/aromatic N) is 2. The molecule has 10 nitrogen and oxygen atoms in total. The Balaban J connectivity index is 2.84. The first-order valence-corrected chi connectivity index (χ1v) is 5.78. The van der Waals surface area contributed by atoms with E-state index in [1.165, 1.54) is 11.6 Å². The molecule has 0 aromatic carbocycles. The summed E-state index contributed by atoms with van der Waals surface area (Å²) in [5.74, 6) is -3.40. The zero-order valence-corrected chi connectivity index (χ0v) is 11.0. The van der Waals surface area contributed by atoms with E-state index in [0.717, 1.165) is 12.3 Å². The highest BCUT2D eigenvalue weighted by Crippen LogP contribution is 2.15. The monoisotopic (exact) mass is 299 g/mol. The van der Waals surface area contributed by atoms with Crippen LogP contribution in [0.25, 0.3) is 0 Å². The van der Waals surface area contributed by atoms with Crippen LogP contribution in [0.3, 0.4) is 0 Å². The molecule has 0 fully saturated rings. The molecular formula is C11H13N3O7. The number of rotatable bonds is 7. The van der Waals surface area contributed by atoms with Crippen molar-refractivity contribution in [1.82, 2.24) is 9.88 Å². The maximum Gasteiger partial charge on any atom is 0.326 e. The first-order valence-electron chi connectivity index (χ1n) is 5.78. The van der Waals surface area contributed by atoms with Gasteiger partial charge in [0.05, 0.1) is 11.1 Å². The van der Waals surface area contributed by atoms with Gasteiger partial charge in [-0.05, 0) is 6.42 Å². The smallest absolute Gasteiger partial charge is 0.326 e. The van der Waals surface area contributed by atoms with Crippen LogP contribution in [-0.4, -0.2) is 43.6 Å². The summed E-state index contributed by atoms with van der Waals surface area (Å²) in [7, 11) is 1.40. The molecule has 0 unspecified atom stereocenters. The standard InChI is InChI=1S/C11H13N3O7/c1-13-5-6(14(20)21)4-8(13)10(17)12-7(11(18)19)2-3-9(15)16/h4-5,7H,2-3H2,1H3,(H,12,17)(H,15,16)(H,18,19)/t7-/m0/s1. The van der Waals surface area contributed by atoms with Crippen LogP contribution < -0.4 is 5.32 Å². The summed E-state index contributed by atoms with van der Waals surface area (Å²) in [4.78, 5) is 43.2. The molecule has 0 aliphatic heterocycles. The Hall–Kier alpha value is -2.91. The zero-order chi connectivity index (χ0) is 16.2. The third-order valence-corrected chi connectivity index (χ3v) is 2.68. The number of carbonyl (C=O) groups is 3. The summed E-state index contributed by atoms with van der Waals surface area (Å²) in [6.45, 7) is 0. The van der Waals surface area contributed by atoms with Crippen LogP contribution in [0.15, 0.2) is 12.3 Å². The fourth-order valence-corrected chi connectivity index (χ4v) is 1.63. The molecule has 1 heterocycles. The van der Waals surface area contributed by atoms with Crippen LogP contribution in [-0.2, 0) is 16.6 Å². The molecular weight excluding hydrogens is 286 g/mol.